The molecular weight excluding hydrogens is 264 g/mol. The highest BCUT2D eigenvalue weighted by Crippen LogP contribution is 2.56. The predicted molar refractivity (Wildman–Crippen MR) is 66.5 cm³/mol. The van der Waals surface area contributed by atoms with Crippen molar-refractivity contribution in [2.45, 2.75) is 44.0 Å². The Hall–Kier alpha value is -1.51. The van der Waals surface area contributed by atoms with Crippen LogP contribution in [0.4, 0.5) is 8.78 Å². The lowest BCUT2D eigenvalue weighted by atomic mass is 9.62. The number of nitriles is 1. The molecule has 1 aromatic rings. The van der Waals surface area contributed by atoms with Crippen molar-refractivity contribution in [3.63, 3.8) is 0 Å². The summed E-state index contributed by atoms with van der Waals surface area (Å²) in [5.74, 6) is -1.53. The van der Waals surface area contributed by atoms with Crippen molar-refractivity contribution < 1.29 is 18.6 Å². The van der Waals surface area contributed by atoms with Crippen molar-refractivity contribution >= 4 is 0 Å². The number of nitrogens with zero attached hydrogens (tertiary/aromatic N) is 1. The third kappa shape index (κ3) is 1.68. The van der Waals surface area contributed by atoms with Gasteiger partial charge in [-0.1, -0.05) is 0 Å². The lowest BCUT2D eigenvalue weighted by molar-refractivity contribution is -0.0776. The Morgan fingerprint density at radius 3 is 2.45 bits per heavy atom. The van der Waals surface area contributed by atoms with E-state index in [-0.39, 0.29) is 17.8 Å². The van der Waals surface area contributed by atoms with Gasteiger partial charge in [-0.05, 0) is 43.9 Å². The Labute approximate surface area is 115 Å². The number of halogens is 2. The van der Waals surface area contributed by atoms with Crippen LogP contribution < -0.4 is 0 Å². The lowest BCUT2D eigenvalue weighted by Gasteiger charge is -2.41. The fourth-order valence-electron chi connectivity index (χ4n) is 3.54. The zero-order valence-electron chi connectivity index (χ0n) is 11.1. The van der Waals surface area contributed by atoms with Crippen LogP contribution in [-0.2, 0) is 10.3 Å². The quantitative estimate of drug-likeness (QED) is 0.905. The average Bonchev–Trinajstić information content (AvgIpc) is 2.98. The fourth-order valence-corrected chi connectivity index (χ4v) is 3.54. The van der Waals surface area contributed by atoms with E-state index in [1.54, 1.807) is 0 Å². The molecule has 3 nitrogen and oxygen atoms in total. The van der Waals surface area contributed by atoms with Crippen molar-refractivity contribution in [2.75, 3.05) is 0 Å². The van der Waals surface area contributed by atoms with Crippen molar-refractivity contribution in [2.24, 2.45) is 5.41 Å². The Balaban J connectivity index is 2.08. The maximum atomic E-state index is 13.4. The third-order valence-corrected chi connectivity index (χ3v) is 4.70. The molecule has 0 aromatic heterocycles. The van der Waals surface area contributed by atoms with Crippen molar-refractivity contribution in [1.82, 2.24) is 0 Å². The monoisotopic (exact) mass is 279 g/mol. The van der Waals surface area contributed by atoms with Gasteiger partial charge in [0.25, 0.3) is 0 Å². The number of benzene rings is 1. The maximum absolute atomic E-state index is 13.4. The summed E-state index contributed by atoms with van der Waals surface area (Å²) in [5.41, 5.74) is -2.74. The van der Waals surface area contributed by atoms with Crippen LogP contribution in [0.25, 0.3) is 0 Å². The minimum Gasteiger partial charge on any atom is -0.384 e. The molecule has 0 spiro atoms. The number of rotatable bonds is 2. The summed E-state index contributed by atoms with van der Waals surface area (Å²) < 4.78 is 32.5. The lowest BCUT2D eigenvalue weighted by Crippen LogP contribution is -2.49. The SMILES string of the molecule is CC(O)(c1cc(F)cc(F)c1)C1(C#N)CC2CCC1O2. The van der Waals surface area contributed by atoms with Gasteiger partial charge in [0, 0.05) is 6.07 Å². The molecule has 2 fully saturated rings. The average molecular weight is 279 g/mol. The molecule has 20 heavy (non-hydrogen) atoms. The van der Waals surface area contributed by atoms with Crippen LogP contribution in [0.3, 0.4) is 0 Å². The first-order valence-corrected chi connectivity index (χ1v) is 6.65. The highest BCUT2D eigenvalue weighted by atomic mass is 19.1. The first kappa shape index (κ1) is 13.5. The Bertz CT molecular complexity index is 576. The normalized spacial score (nSPS) is 34.8. The summed E-state index contributed by atoms with van der Waals surface area (Å²) in [4.78, 5) is 0. The molecule has 0 saturated carbocycles. The molecule has 3 rings (SSSR count). The fraction of sp³-hybridized carbons (Fsp3) is 0.533. The standard InChI is InChI=1S/C15H15F2NO2/c1-14(19,9-4-10(16)6-11(17)5-9)15(8-18)7-12-2-3-13(15)20-12/h4-6,12-13,19H,2-3,7H2,1H3. The Kier molecular flexibility index (Phi) is 2.86. The summed E-state index contributed by atoms with van der Waals surface area (Å²) in [5, 5.41) is 20.5. The number of aliphatic hydroxyl groups is 1. The van der Waals surface area contributed by atoms with Crippen molar-refractivity contribution in [3.8, 4) is 6.07 Å². The first-order valence-electron chi connectivity index (χ1n) is 6.65. The van der Waals surface area contributed by atoms with Crippen LogP contribution in [0.15, 0.2) is 18.2 Å². The summed E-state index contributed by atoms with van der Waals surface area (Å²) in [6.07, 6.45) is 1.50. The Morgan fingerprint density at radius 1 is 1.35 bits per heavy atom. The van der Waals surface area contributed by atoms with Gasteiger partial charge in [0.1, 0.15) is 22.7 Å². The van der Waals surface area contributed by atoms with E-state index in [0.717, 1.165) is 24.6 Å². The molecule has 4 unspecified atom stereocenters. The molecule has 2 aliphatic heterocycles. The second-order valence-corrected chi connectivity index (χ2v) is 5.84. The highest BCUT2D eigenvalue weighted by molar-refractivity contribution is 5.32. The minimum absolute atomic E-state index is 0.0514. The van der Waals surface area contributed by atoms with Crippen LogP contribution in [0.1, 0.15) is 31.7 Å². The Morgan fingerprint density at radius 2 is 2.00 bits per heavy atom. The summed E-state index contributed by atoms with van der Waals surface area (Å²) in [6, 6.07) is 5.07. The largest absolute Gasteiger partial charge is 0.384 e. The van der Waals surface area contributed by atoms with Gasteiger partial charge >= 0.3 is 0 Å². The van der Waals surface area contributed by atoms with Crippen LogP contribution >= 0.6 is 0 Å². The van der Waals surface area contributed by atoms with Crippen molar-refractivity contribution in [1.29, 1.82) is 5.26 Å². The van der Waals surface area contributed by atoms with Crippen LogP contribution in [-0.4, -0.2) is 17.3 Å². The smallest absolute Gasteiger partial charge is 0.126 e. The first-order chi connectivity index (χ1) is 9.39. The zero-order valence-corrected chi connectivity index (χ0v) is 11.1. The molecule has 1 aromatic carbocycles. The zero-order chi connectivity index (χ0) is 14.5. The van der Waals surface area contributed by atoms with E-state index < -0.39 is 22.7 Å². The molecule has 0 radical (unpaired) electrons. The van der Waals surface area contributed by atoms with E-state index in [0.29, 0.717) is 12.8 Å². The molecule has 2 heterocycles. The molecular formula is C15H15F2NO2. The highest BCUT2D eigenvalue weighted by Gasteiger charge is 2.62. The minimum atomic E-state index is -1.66. The van der Waals surface area contributed by atoms with E-state index in [1.807, 2.05) is 0 Å². The van der Waals surface area contributed by atoms with Gasteiger partial charge < -0.3 is 9.84 Å². The number of fused-ring (bicyclic) bond motifs is 2. The van der Waals surface area contributed by atoms with E-state index >= 15 is 0 Å². The molecule has 5 heteroatoms. The molecule has 4 atom stereocenters. The maximum Gasteiger partial charge on any atom is 0.126 e. The molecule has 0 aliphatic carbocycles. The van der Waals surface area contributed by atoms with Gasteiger partial charge in [-0.15, -0.1) is 0 Å². The number of hydrogen-bond acceptors (Lipinski definition) is 3. The molecule has 1 N–H and O–H groups in total. The van der Waals surface area contributed by atoms with Crippen molar-refractivity contribution in [3.05, 3.63) is 35.4 Å². The van der Waals surface area contributed by atoms with Crippen LogP contribution in [0, 0.1) is 28.4 Å². The summed E-state index contributed by atoms with van der Waals surface area (Å²) >= 11 is 0. The number of ether oxygens (including phenoxy) is 1. The van der Waals surface area contributed by atoms with Crippen LogP contribution in [0.2, 0.25) is 0 Å². The molecule has 2 saturated heterocycles. The van der Waals surface area contributed by atoms with Gasteiger partial charge in [0.05, 0.1) is 18.3 Å². The molecule has 106 valence electrons. The molecule has 2 aliphatic rings. The van der Waals surface area contributed by atoms with Crippen LogP contribution in [0.5, 0.6) is 0 Å². The second kappa shape index (κ2) is 4.24. The van der Waals surface area contributed by atoms with E-state index in [4.69, 9.17) is 4.74 Å². The van der Waals surface area contributed by atoms with Gasteiger partial charge in [0.2, 0.25) is 0 Å². The summed E-state index contributed by atoms with van der Waals surface area (Å²) in [7, 11) is 0. The number of hydrogen-bond donors (Lipinski definition) is 1. The predicted octanol–water partition coefficient (Wildman–Crippen LogP) is 2.63. The van der Waals surface area contributed by atoms with E-state index in [1.165, 1.54) is 6.92 Å². The topological polar surface area (TPSA) is 53.2 Å². The molecule has 2 bridgehead atoms. The van der Waals surface area contributed by atoms with Gasteiger partial charge in [-0.2, -0.15) is 5.26 Å². The molecule has 0 amide bonds. The second-order valence-electron chi connectivity index (χ2n) is 5.84. The van der Waals surface area contributed by atoms with Gasteiger partial charge in [0.15, 0.2) is 0 Å². The van der Waals surface area contributed by atoms with Gasteiger partial charge in [-0.25, -0.2) is 8.78 Å². The third-order valence-electron chi connectivity index (χ3n) is 4.70. The van der Waals surface area contributed by atoms with E-state index in [2.05, 4.69) is 6.07 Å². The summed E-state index contributed by atoms with van der Waals surface area (Å²) in [6.45, 7) is 1.44. The van der Waals surface area contributed by atoms with E-state index in [9.17, 15) is 19.1 Å². The van der Waals surface area contributed by atoms with Gasteiger partial charge in [-0.3, -0.25) is 0 Å².